The molecule has 0 radical (unpaired) electrons. The lowest BCUT2D eigenvalue weighted by molar-refractivity contribution is 0.0697. The summed E-state index contributed by atoms with van der Waals surface area (Å²) < 4.78 is 27.7. The van der Waals surface area contributed by atoms with E-state index in [4.69, 9.17) is 0 Å². The van der Waals surface area contributed by atoms with Crippen LogP contribution in [0.25, 0.3) is 0 Å². The molecule has 0 unspecified atom stereocenters. The smallest absolute Gasteiger partial charge is 0.261 e. The Bertz CT molecular complexity index is 1280. The van der Waals surface area contributed by atoms with Crippen molar-refractivity contribution in [1.82, 2.24) is 14.5 Å². The van der Waals surface area contributed by atoms with Crippen molar-refractivity contribution in [1.29, 1.82) is 0 Å². The van der Waals surface area contributed by atoms with Crippen molar-refractivity contribution in [2.24, 2.45) is 0 Å². The van der Waals surface area contributed by atoms with Gasteiger partial charge in [0.05, 0.1) is 9.77 Å². The first-order valence-electron chi connectivity index (χ1n) is 11.0. The molecule has 0 bridgehead atoms. The molecule has 2 aromatic carbocycles. The SMILES string of the molecule is Cc1ccc(C)c(S(=O)(=O)N2CCN(C(=O)c3ccc(CNC(=O)c4cccs4)cc3)CC2)c1. The molecule has 34 heavy (non-hydrogen) atoms. The highest BCUT2D eigenvalue weighted by Crippen LogP contribution is 2.23. The fourth-order valence-electron chi connectivity index (χ4n) is 3.88. The zero-order chi connectivity index (χ0) is 24.3. The topological polar surface area (TPSA) is 86.8 Å². The molecule has 9 heteroatoms. The van der Waals surface area contributed by atoms with Crippen LogP contribution in [-0.2, 0) is 16.6 Å². The van der Waals surface area contributed by atoms with Gasteiger partial charge in [-0.1, -0.05) is 30.3 Å². The van der Waals surface area contributed by atoms with Gasteiger partial charge in [-0.25, -0.2) is 8.42 Å². The number of carbonyl (C=O) groups excluding carboxylic acids is 2. The van der Waals surface area contributed by atoms with Crippen LogP contribution in [0.3, 0.4) is 0 Å². The molecular weight excluding hydrogens is 470 g/mol. The number of thiophene rings is 1. The number of hydrogen-bond donors (Lipinski definition) is 1. The molecule has 1 aromatic heterocycles. The molecule has 1 N–H and O–H groups in total. The zero-order valence-electron chi connectivity index (χ0n) is 19.2. The number of sulfonamides is 1. The van der Waals surface area contributed by atoms with E-state index in [1.807, 2.05) is 42.6 Å². The predicted octanol–water partition coefficient (Wildman–Crippen LogP) is 3.44. The number of nitrogens with zero attached hydrogens (tertiary/aromatic N) is 2. The average Bonchev–Trinajstić information content (AvgIpc) is 3.39. The van der Waals surface area contributed by atoms with Crippen LogP contribution < -0.4 is 5.32 Å². The van der Waals surface area contributed by atoms with Gasteiger partial charge in [0.2, 0.25) is 10.0 Å². The van der Waals surface area contributed by atoms with Crippen LogP contribution in [0.2, 0.25) is 0 Å². The van der Waals surface area contributed by atoms with Crippen LogP contribution in [0.15, 0.2) is 64.9 Å². The van der Waals surface area contributed by atoms with Crippen LogP contribution in [0.5, 0.6) is 0 Å². The predicted molar refractivity (Wildman–Crippen MR) is 133 cm³/mol. The highest BCUT2D eigenvalue weighted by Gasteiger charge is 2.31. The minimum Gasteiger partial charge on any atom is -0.347 e. The lowest BCUT2D eigenvalue weighted by Gasteiger charge is -2.34. The molecular formula is C25H27N3O4S2. The first-order chi connectivity index (χ1) is 16.3. The Labute approximate surface area is 204 Å². The summed E-state index contributed by atoms with van der Waals surface area (Å²) in [6.07, 6.45) is 0. The summed E-state index contributed by atoms with van der Waals surface area (Å²) >= 11 is 1.39. The monoisotopic (exact) mass is 497 g/mol. The van der Waals surface area contributed by atoms with E-state index in [0.29, 0.717) is 35.0 Å². The molecule has 0 saturated carbocycles. The molecule has 1 aliphatic heterocycles. The molecule has 0 atom stereocenters. The van der Waals surface area contributed by atoms with E-state index < -0.39 is 10.0 Å². The number of piperazine rings is 1. The summed E-state index contributed by atoms with van der Waals surface area (Å²) in [4.78, 5) is 27.7. The Balaban J connectivity index is 1.34. The van der Waals surface area contributed by atoms with Crippen LogP contribution in [0.4, 0.5) is 0 Å². The summed E-state index contributed by atoms with van der Waals surface area (Å²) in [7, 11) is -3.60. The quantitative estimate of drug-likeness (QED) is 0.565. The van der Waals surface area contributed by atoms with Gasteiger partial charge in [-0.05, 0) is 60.2 Å². The van der Waals surface area contributed by atoms with Crippen molar-refractivity contribution >= 4 is 33.2 Å². The minimum absolute atomic E-state index is 0.121. The third-order valence-corrected chi connectivity index (χ3v) is 8.80. The summed E-state index contributed by atoms with van der Waals surface area (Å²) in [5.74, 6) is -0.248. The van der Waals surface area contributed by atoms with Crippen molar-refractivity contribution < 1.29 is 18.0 Å². The van der Waals surface area contributed by atoms with Gasteiger partial charge in [0.1, 0.15) is 0 Å². The van der Waals surface area contributed by atoms with Gasteiger partial charge in [-0.3, -0.25) is 9.59 Å². The summed E-state index contributed by atoms with van der Waals surface area (Å²) in [6, 6.07) is 16.2. The van der Waals surface area contributed by atoms with E-state index in [2.05, 4.69) is 5.32 Å². The van der Waals surface area contributed by atoms with Crippen molar-refractivity contribution in [2.75, 3.05) is 26.2 Å². The third-order valence-electron chi connectivity index (χ3n) is 5.89. The second-order valence-corrected chi connectivity index (χ2v) is 11.2. The van der Waals surface area contributed by atoms with Gasteiger partial charge < -0.3 is 10.2 Å². The van der Waals surface area contributed by atoms with Crippen molar-refractivity contribution in [3.63, 3.8) is 0 Å². The highest BCUT2D eigenvalue weighted by molar-refractivity contribution is 7.89. The largest absolute Gasteiger partial charge is 0.347 e. The standard InChI is InChI=1S/C25H27N3O4S2/c1-18-5-6-19(2)23(16-18)34(31,32)28-13-11-27(12-14-28)25(30)21-9-7-20(8-10-21)17-26-24(29)22-4-3-15-33-22/h3-10,15-16H,11-14,17H2,1-2H3,(H,26,29). The molecule has 1 aliphatic rings. The lowest BCUT2D eigenvalue weighted by atomic mass is 10.1. The van der Waals surface area contributed by atoms with Crippen LogP contribution in [0, 0.1) is 13.8 Å². The number of hydrogen-bond acceptors (Lipinski definition) is 5. The first-order valence-corrected chi connectivity index (χ1v) is 13.3. The maximum absolute atomic E-state index is 13.1. The van der Waals surface area contributed by atoms with Crippen LogP contribution >= 0.6 is 11.3 Å². The van der Waals surface area contributed by atoms with Crippen molar-refractivity contribution in [3.05, 3.63) is 87.1 Å². The van der Waals surface area contributed by atoms with Gasteiger partial charge in [0.25, 0.3) is 11.8 Å². The molecule has 7 nitrogen and oxygen atoms in total. The number of carbonyl (C=O) groups is 2. The van der Waals surface area contributed by atoms with Crippen molar-refractivity contribution in [2.45, 2.75) is 25.3 Å². The van der Waals surface area contributed by atoms with Crippen LogP contribution in [0.1, 0.15) is 36.7 Å². The molecule has 1 saturated heterocycles. The van der Waals surface area contributed by atoms with Gasteiger partial charge >= 0.3 is 0 Å². The molecule has 1 fully saturated rings. The maximum Gasteiger partial charge on any atom is 0.261 e. The third kappa shape index (κ3) is 5.22. The Morgan fingerprint density at radius 2 is 1.68 bits per heavy atom. The number of nitrogens with one attached hydrogen (secondary N) is 1. The molecule has 0 spiro atoms. The summed E-state index contributed by atoms with van der Waals surface area (Å²) in [5.41, 5.74) is 3.05. The van der Waals surface area contributed by atoms with E-state index in [1.165, 1.54) is 15.6 Å². The Kier molecular flexibility index (Phi) is 7.16. The number of aryl methyl sites for hydroxylation is 2. The van der Waals surface area contributed by atoms with Gasteiger partial charge in [-0.2, -0.15) is 4.31 Å². The minimum atomic E-state index is -3.60. The van der Waals surface area contributed by atoms with Crippen LogP contribution in [-0.4, -0.2) is 55.6 Å². The second-order valence-electron chi connectivity index (χ2n) is 8.32. The van der Waals surface area contributed by atoms with E-state index in [9.17, 15) is 18.0 Å². The van der Waals surface area contributed by atoms with E-state index >= 15 is 0 Å². The molecule has 3 aromatic rings. The number of rotatable bonds is 6. The van der Waals surface area contributed by atoms with Crippen molar-refractivity contribution in [3.8, 4) is 0 Å². The molecule has 2 heterocycles. The summed E-state index contributed by atoms with van der Waals surface area (Å²) in [6.45, 7) is 5.23. The molecule has 2 amide bonds. The Morgan fingerprint density at radius 3 is 2.32 bits per heavy atom. The van der Waals surface area contributed by atoms with Gasteiger partial charge in [-0.15, -0.1) is 11.3 Å². The Hall–Kier alpha value is -3.01. The fourth-order valence-corrected chi connectivity index (χ4v) is 6.25. The fraction of sp³-hybridized carbons (Fsp3) is 0.280. The highest BCUT2D eigenvalue weighted by atomic mass is 32.2. The van der Waals surface area contributed by atoms with Gasteiger partial charge in [0, 0.05) is 38.3 Å². The van der Waals surface area contributed by atoms with Gasteiger partial charge in [0.15, 0.2) is 0 Å². The molecule has 178 valence electrons. The zero-order valence-corrected chi connectivity index (χ0v) is 20.8. The molecule has 4 rings (SSSR count). The Morgan fingerprint density at radius 1 is 0.971 bits per heavy atom. The normalized spacial score (nSPS) is 14.7. The number of benzene rings is 2. The first kappa shape index (κ1) is 24.1. The lowest BCUT2D eigenvalue weighted by Crippen LogP contribution is -2.50. The molecule has 0 aliphatic carbocycles. The average molecular weight is 498 g/mol. The van der Waals surface area contributed by atoms with E-state index in [0.717, 1.165) is 16.7 Å². The number of amides is 2. The summed E-state index contributed by atoms with van der Waals surface area (Å²) in [5, 5.41) is 4.72. The van der Waals surface area contributed by atoms with E-state index in [1.54, 1.807) is 36.1 Å². The maximum atomic E-state index is 13.1. The van der Waals surface area contributed by atoms with E-state index in [-0.39, 0.29) is 24.9 Å². The second kappa shape index (κ2) is 10.1.